The topological polar surface area (TPSA) is 112 Å². The minimum atomic E-state index is -4.40. The number of carbonyl (C=O) groups excluding carboxylic acids is 1. The molecular weight excluding hydrogens is 533 g/mol. The molecule has 2 N–H and O–H groups in total. The molecule has 2 aromatic carbocycles. The highest BCUT2D eigenvalue weighted by atomic mass is 19.4. The Labute approximate surface area is 234 Å². The van der Waals surface area contributed by atoms with Crippen molar-refractivity contribution in [1.82, 2.24) is 0 Å². The molecule has 0 aliphatic heterocycles. The summed E-state index contributed by atoms with van der Waals surface area (Å²) in [5, 5.41) is 17.2. The van der Waals surface area contributed by atoms with E-state index in [-0.39, 0.29) is 25.0 Å². The van der Waals surface area contributed by atoms with Crippen LogP contribution in [0, 0.1) is 6.92 Å². The van der Waals surface area contributed by atoms with Gasteiger partial charge in [0, 0.05) is 32.8 Å². The van der Waals surface area contributed by atoms with Crippen LogP contribution in [-0.2, 0) is 41.1 Å². The van der Waals surface area contributed by atoms with Crippen molar-refractivity contribution in [2.24, 2.45) is 0 Å². The third-order valence-corrected chi connectivity index (χ3v) is 4.80. The molecule has 40 heavy (non-hydrogen) atoms. The number of Topliss-reactive ketones (excluding diaryl/α,β-unsaturated/α-hetero) is 1. The first-order chi connectivity index (χ1) is 18.9. The van der Waals surface area contributed by atoms with Crippen molar-refractivity contribution < 1.29 is 51.9 Å². The number of carboxylic acid groups (broad SMARTS) is 1. The molecule has 0 aromatic heterocycles. The van der Waals surface area contributed by atoms with Crippen molar-refractivity contribution in [1.29, 1.82) is 0 Å². The second-order valence-electron chi connectivity index (χ2n) is 8.24. The van der Waals surface area contributed by atoms with Crippen molar-refractivity contribution in [3.05, 3.63) is 65.2 Å². The number of carbonyl (C=O) groups is 2. The highest BCUT2D eigenvalue weighted by Gasteiger charge is 2.30. The zero-order valence-corrected chi connectivity index (χ0v) is 23.7. The molecule has 0 aliphatic rings. The Balaban J connectivity index is 0.000000663. The number of aryl methyl sites for hydroxylation is 1. The second kappa shape index (κ2) is 20.8. The van der Waals surface area contributed by atoms with E-state index in [1.807, 2.05) is 19.1 Å². The van der Waals surface area contributed by atoms with Crippen LogP contribution in [0.25, 0.3) is 0 Å². The molecule has 0 atom stereocenters. The Kier molecular flexibility index (Phi) is 19.3. The molecule has 0 saturated heterocycles. The monoisotopic (exact) mass is 574 g/mol. The fraction of sp³-hybridized carbons (Fsp3) is 0.517. The van der Waals surface area contributed by atoms with E-state index >= 15 is 0 Å². The van der Waals surface area contributed by atoms with Gasteiger partial charge in [-0.1, -0.05) is 30.3 Å². The summed E-state index contributed by atoms with van der Waals surface area (Å²) in [7, 11) is 0. The minimum absolute atomic E-state index is 0.0257. The van der Waals surface area contributed by atoms with Gasteiger partial charge in [0.15, 0.2) is 12.6 Å². The number of halogens is 3. The summed E-state index contributed by atoms with van der Waals surface area (Å²) in [5.41, 5.74) is 0.672. The smallest absolute Gasteiger partial charge is 0.416 e. The Hall–Kier alpha value is -2.99. The molecule has 2 aromatic rings. The van der Waals surface area contributed by atoms with Crippen LogP contribution >= 0.6 is 0 Å². The first kappa shape index (κ1) is 37.0. The van der Waals surface area contributed by atoms with Gasteiger partial charge in [-0.15, -0.1) is 0 Å². The third kappa shape index (κ3) is 18.3. The lowest BCUT2D eigenvalue weighted by molar-refractivity contribution is -0.164. The summed E-state index contributed by atoms with van der Waals surface area (Å²) in [4.78, 5) is 22.1. The minimum Gasteiger partial charge on any atom is -0.508 e. The molecule has 0 bridgehead atoms. The largest absolute Gasteiger partial charge is 0.508 e. The molecule has 0 aliphatic carbocycles. The summed E-state index contributed by atoms with van der Waals surface area (Å²) in [6, 6.07) is 11.9. The summed E-state index contributed by atoms with van der Waals surface area (Å²) in [6.07, 6.45) is -5.78. The van der Waals surface area contributed by atoms with Crippen LogP contribution in [0.2, 0.25) is 0 Å². The van der Waals surface area contributed by atoms with Crippen LogP contribution in [0.3, 0.4) is 0 Å². The van der Waals surface area contributed by atoms with E-state index in [0.29, 0.717) is 37.7 Å². The van der Waals surface area contributed by atoms with Crippen LogP contribution in [0.1, 0.15) is 57.2 Å². The number of ketones is 1. The van der Waals surface area contributed by atoms with Crippen molar-refractivity contribution in [2.75, 3.05) is 26.4 Å². The predicted molar refractivity (Wildman–Crippen MR) is 144 cm³/mol. The summed E-state index contributed by atoms with van der Waals surface area (Å²) >= 11 is 0. The average molecular weight is 575 g/mol. The van der Waals surface area contributed by atoms with Gasteiger partial charge in [0.1, 0.15) is 11.5 Å². The molecule has 0 unspecified atom stereocenters. The SMILES string of the molecule is CCOC(CC(=O)Cc1cccc(C(F)(F)F)c1)OCC.CCOC(CC(=O)O)OCC.Cc1cccc(O)c1. The number of phenolic OH excluding ortho intramolecular Hbond substituents is 1. The Morgan fingerprint density at radius 3 is 1.70 bits per heavy atom. The van der Waals surface area contributed by atoms with Crippen LogP contribution in [0.15, 0.2) is 48.5 Å². The molecule has 0 radical (unpaired) electrons. The Morgan fingerprint density at radius 2 is 1.30 bits per heavy atom. The molecule has 0 heterocycles. The van der Waals surface area contributed by atoms with E-state index in [0.717, 1.165) is 17.7 Å². The van der Waals surface area contributed by atoms with E-state index in [2.05, 4.69) is 0 Å². The number of carboxylic acids is 1. The fourth-order valence-corrected chi connectivity index (χ4v) is 3.19. The van der Waals surface area contributed by atoms with Crippen LogP contribution in [0.5, 0.6) is 5.75 Å². The maximum atomic E-state index is 12.6. The number of hydrogen-bond donors (Lipinski definition) is 2. The number of phenols is 1. The van der Waals surface area contributed by atoms with Gasteiger partial charge in [-0.05, 0) is 63.9 Å². The molecule has 226 valence electrons. The number of hydrogen-bond acceptors (Lipinski definition) is 7. The summed E-state index contributed by atoms with van der Waals surface area (Å²) in [5.74, 6) is -0.789. The lowest BCUT2D eigenvalue weighted by Crippen LogP contribution is -2.22. The van der Waals surface area contributed by atoms with Crippen molar-refractivity contribution >= 4 is 11.8 Å². The van der Waals surface area contributed by atoms with Crippen LogP contribution in [0.4, 0.5) is 13.2 Å². The van der Waals surface area contributed by atoms with Gasteiger partial charge in [-0.25, -0.2) is 0 Å². The van der Waals surface area contributed by atoms with Crippen LogP contribution < -0.4 is 0 Å². The Morgan fingerprint density at radius 1 is 0.800 bits per heavy atom. The van der Waals surface area contributed by atoms with Gasteiger partial charge in [-0.2, -0.15) is 13.2 Å². The molecule has 0 amide bonds. The standard InChI is InChI=1S/C15H19F3O3.C7H14O4.C7H8O/c1-3-20-14(21-4-2)10-13(19)9-11-6-5-7-12(8-11)15(16,17)18;1-3-10-7(11-4-2)5-6(8)9;1-6-3-2-4-7(8)5-6/h5-8,14H,3-4,9-10H2,1-2H3;7H,3-5H2,1-2H3,(H,8,9);2-5,8H,1H3. The first-order valence-corrected chi connectivity index (χ1v) is 13.0. The maximum absolute atomic E-state index is 12.6. The highest BCUT2D eigenvalue weighted by molar-refractivity contribution is 5.81. The van der Waals surface area contributed by atoms with E-state index in [9.17, 15) is 22.8 Å². The van der Waals surface area contributed by atoms with Gasteiger partial charge in [0.05, 0.1) is 18.4 Å². The second-order valence-corrected chi connectivity index (χ2v) is 8.24. The van der Waals surface area contributed by atoms with Gasteiger partial charge in [0.2, 0.25) is 0 Å². The Bertz CT molecular complexity index is 952. The van der Waals surface area contributed by atoms with Gasteiger partial charge in [0.25, 0.3) is 0 Å². The van der Waals surface area contributed by atoms with Gasteiger partial charge in [-0.3, -0.25) is 9.59 Å². The molecule has 11 heteroatoms. The third-order valence-electron chi connectivity index (χ3n) is 4.80. The molecule has 8 nitrogen and oxygen atoms in total. The van der Waals surface area contributed by atoms with E-state index in [4.69, 9.17) is 29.2 Å². The lowest BCUT2D eigenvalue weighted by atomic mass is 10.0. The van der Waals surface area contributed by atoms with E-state index in [1.165, 1.54) is 12.1 Å². The maximum Gasteiger partial charge on any atom is 0.416 e. The molecule has 0 saturated carbocycles. The number of alkyl halides is 3. The number of aromatic hydroxyl groups is 1. The number of ether oxygens (including phenoxy) is 4. The van der Waals surface area contributed by atoms with E-state index in [1.54, 1.807) is 39.8 Å². The van der Waals surface area contributed by atoms with Crippen LogP contribution in [-0.4, -0.2) is 61.0 Å². The van der Waals surface area contributed by atoms with Crippen molar-refractivity contribution in [3.8, 4) is 5.75 Å². The number of rotatable bonds is 14. The molecule has 0 spiro atoms. The van der Waals surface area contributed by atoms with Crippen molar-refractivity contribution in [3.63, 3.8) is 0 Å². The zero-order chi connectivity index (χ0) is 30.6. The zero-order valence-electron chi connectivity index (χ0n) is 23.7. The predicted octanol–water partition coefficient (Wildman–Crippen LogP) is 6.17. The first-order valence-electron chi connectivity index (χ1n) is 13.0. The van der Waals surface area contributed by atoms with Gasteiger partial charge < -0.3 is 29.2 Å². The number of aliphatic carboxylic acids is 1. The molecular formula is C29H41F3O8. The normalized spacial score (nSPS) is 10.9. The number of benzene rings is 2. The highest BCUT2D eigenvalue weighted by Crippen LogP contribution is 2.29. The van der Waals surface area contributed by atoms with Crippen molar-refractivity contribution in [2.45, 2.75) is 72.6 Å². The molecule has 0 fully saturated rings. The molecule has 2 rings (SSSR count). The van der Waals surface area contributed by atoms with E-state index < -0.39 is 30.3 Å². The lowest BCUT2D eigenvalue weighted by Gasteiger charge is -2.16. The quantitative estimate of drug-likeness (QED) is 0.258. The summed E-state index contributed by atoms with van der Waals surface area (Å²) in [6.45, 7) is 10.9. The average Bonchev–Trinajstić information content (AvgIpc) is 2.84. The fourth-order valence-electron chi connectivity index (χ4n) is 3.19. The van der Waals surface area contributed by atoms with Gasteiger partial charge >= 0.3 is 12.1 Å². The summed E-state index contributed by atoms with van der Waals surface area (Å²) < 4.78 is 58.2.